The zero-order valence-corrected chi connectivity index (χ0v) is 10.4. The third-order valence-corrected chi connectivity index (χ3v) is 2.68. The highest BCUT2D eigenvalue weighted by molar-refractivity contribution is 5.83. The third kappa shape index (κ3) is 2.82. The molecule has 0 saturated heterocycles. The van der Waals surface area contributed by atoms with Crippen molar-refractivity contribution in [1.82, 2.24) is 4.98 Å². The number of pyridine rings is 1. The molecule has 0 unspecified atom stereocenters. The second-order valence-corrected chi connectivity index (χ2v) is 4.15. The molecule has 19 heavy (non-hydrogen) atoms. The van der Waals surface area contributed by atoms with E-state index >= 15 is 0 Å². The first-order valence-corrected chi connectivity index (χ1v) is 5.76. The summed E-state index contributed by atoms with van der Waals surface area (Å²) in [5.74, 6) is -0.0785. The SMILES string of the molecule is CC(=O)Cc1nccc([N+](=O)[O-])c1-c1ccccc1. The summed E-state index contributed by atoms with van der Waals surface area (Å²) in [6.07, 6.45) is 1.45. The first kappa shape index (κ1) is 12.9. The highest BCUT2D eigenvalue weighted by Crippen LogP contribution is 2.32. The summed E-state index contributed by atoms with van der Waals surface area (Å²) < 4.78 is 0. The van der Waals surface area contributed by atoms with E-state index in [0.717, 1.165) is 0 Å². The van der Waals surface area contributed by atoms with Gasteiger partial charge in [0.1, 0.15) is 5.78 Å². The molecule has 0 aliphatic carbocycles. The molecule has 1 aromatic carbocycles. The van der Waals surface area contributed by atoms with Crippen molar-refractivity contribution >= 4 is 11.5 Å². The number of carbonyl (C=O) groups is 1. The minimum Gasteiger partial charge on any atom is -0.300 e. The third-order valence-electron chi connectivity index (χ3n) is 2.68. The molecule has 1 heterocycles. The van der Waals surface area contributed by atoms with E-state index in [2.05, 4.69) is 4.98 Å². The smallest absolute Gasteiger partial charge is 0.280 e. The first-order valence-electron chi connectivity index (χ1n) is 5.76. The van der Waals surface area contributed by atoms with Gasteiger partial charge in [-0.3, -0.25) is 19.9 Å². The Labute approximate surface area is 110 Å². The van der Waals surface area contributed by atoms with Crippen LogP contribution in [0.4, 0.5) is 5.69 Å². The van der Waals surface area contributed by atoms with Gasteiger partial charge in [-0.1, -0.05) is 30.3 Å². The molecule has 0 N–H and O–H groups in total. The summed E-state index contributed by atoms with van der Waals surface area (Å²) in [5.41, 5.74) is 1.52. The van der Waals surface area contributed by atoms with Crippen LogP contribution in [0.5, 0.6) is 0 Å². The molecule has 5 heteroatoms. The van der Waals surface area contributed by atoms with Crippen LogP contribution in [0.15, 0.2) is 42.6 Å². The van der Waals surface area contributed by atoms with Crippen LogP contribution in [0.2, 0.25) is 0 Å². The summed E-state index contributed by atoms with van der Waals surface area (Å²) in [7, 11) is 0. The van der Waals surface area contributed by atoms with Gasteiger partial charge in [0, 0.05) is 18.7 Å². The number of aromatic nitrogens is 1. The van der Waals surface area contributed by atoms with Gasteiger partial charge in [0.15, 0.2) is 0 Å². The Kier molecular flexibility index (Phi) is 3.66. The summed E-state index contributed by atoms with van der Waals surface area (Å²) in [6.45, 7) is 1.44. The van der Waals surface area contributed by atoms with Gasteiger partial charge in [-0.2, -0.15) is 0 Å². The zero-order valence-electron chi connectivity index (χ0n) is 10.4. The number of hydrogen-bond donors (Lipinski definition) is 0. The van der Waals surface area contributed by atoms with E-state index in [4.69, 9.17) is 0 Å². The first-order chi connectivity index (χ1) is 9.09. The second-order valence-electron chi connectivity index (χ2n) is 4.15. The van der Waals surface area contributed by atoms with Gasteiger partial charge in [0.2, 0.25) is 0 Å². The molecule has 96 valence electrons. The van der Waals surface area contributed by atoms with Gasteiger partial charge < -0.3 is 0 Å². The van der Waals surface area contributed by atoms with E-state index in [0.29, 0.717) is 16.8 Å². The van der Waals surface area contributed by atoms with Crippen LogP contribution >= 0.6 is 0 Å². The predicted molar refractivity (Wildman–Crippen MR) is 70.7 cm³/mol. The van der Waals surface area contributed by atoms with Crippen LogP contribution in [0.25, 0.3) is 11.1 Å². The minimum absolute atomic E-state index is 0.0301. The van der Waals surface area contributed by atoms with Gasteiger partial charge in [0.25, 0.3) is 5.69 Å². The molecule has 5 nitrogen and oxygen atoms in total. The Morgan fingerprint density at radius 1 is 1.26 bits per heavy atom. The molecule has 0 radical (unpaired) electrons. The molecule has 0 amide bonds. The number of hydrogen-bond acceptors (Lipinski definition) is 4. The fraction of sp³-hybridized carbons (Fsp3) is 0.143. The maximum atomic E-state index is 11.3. The second kappa shape index (κ2) is 5.39. The Hall–Kier alpha value is -2.56. The topological polar surface area (TPSA) is 73.1 Å². The lowest BCUT2D eigenvalue weighted by Gasteiger charge is -2.08. The van der Waals surface area contributed by atoms with Gasteiger partial charge in [-0.05, 0) is 12.5 Å². The lowest BCUT2D eigenvalue weighted by Crippen LogP contribution is -2.04. The molecule has 0 fully saturated rings. The fourth-order valence-corrected chi connectivity index (χ4v) is 1.93. The molecule has 0 saturated carbocycles. The number of Topliss-reactive ketones (excluding diaryl/α,β-unsaturated/α-hetero) is 1. The van der Waals surface area contributed by atoms with E-state index < -0.39 is 4.92 Å². The van der Waals surface area contributed by atoms with E-state index in [1.54, 1.807) is 24.3 Å². The molecule has 1 aromatic heterocycles. The monoisotopic (exact) mass is 256 g/mol. The van der Waals surface area contributed by atoms with Crippen molar-refractivity contribution in [3.63, 3.8) is 0 Å². The van der Waals surface area contributed by atoms with Crippen LogP contribution in [-0.2, 0) is 11.2 Å². The molecule has 0 spiro atoms. The molecule has 0 aliphatic heterocycles. The van der Waals surface area contributed by atoms with Crippen LogP contribution in [0.1, 0.15) is 12.6 Å². The molecule has 0 atom stereocenters. The van der Waals surface area contributed by atoms with E-state index in [1.807, 2.05) is 6.07 Å². The minimum atomic E-state index is -0.451. The Balaban J connectivity index is 2.66. The van der Waals surface area contributed by atoms with Crippen LogP contribution in [0, 0.1) is 10.1 Å². The van der Waals surface area contributed by atoms with Crippen molar-refractivity contribution in [3.05, 3.63) is 58.4 Å². The van der Waals surface area contributed by atoms with E-state index in [1.165, 1.54) is 19.2 Å². The van der Waals surface area contributed by atoms with E-state index in [9.17, 15) is 14.9 Å². The number of benzene rings is 1. The highest BCUT2D eigenvalue weighted by Gasteiger charge is 2.20. The van der Waals surface area contributed by atoms with Crippen molar-refractivity contribution in [3.8, 4) is 11.1 Å². The van der Waals surface area contributed by atoms with Crippen molar-refractivity contribution in [2.24, 2.45) is 0 Å². The Morgan fingerprint density at radius 2 is 1.95 bits per heavy atom. The molecule has 0 bridgehead atoms. The Morgan fingerprint density at radius 3 is 2.53 bits per heavy atom. The number of rotatable bonds is 4. The van der Waals surface area contributed by atoms with Crippen LogP contribution in [0.3, 0.4) is 0 Å². The maximum absolute atomic E-state index is 11.3. The number of nitro groups is 1. The average Bonchev–Trinajstić information content (AvgIpc) is 2.38. The van der Waals surface area contributed by atoms with Crippen molar-refractivity contribution in [1.29, 1.82) is 0 Å². The zero-order chi connectivity index (χ0) is 13.8. The molecule has 0 aliphatic rings. The molecule has 2 aromatic rings. The van der Waals surface area contributed by atoms with Gasteiger partial charge in [-0.15, -0.1) is 0 Å². The van der Waals surface area contributed by atoms with Crippen LogP contribution < -0.4 is 0 Å². The van der Waals surface area contributed by atoms with Gasteiger partial charge >= 0.3 is 0 Å². The van der Waals surface area contributed by atoms with Crippen molar-refractivity contribution in [2.75, 3.05) is 0 Å². The standard InChI is InChI=1S/C14H12N2O3/c1-10(17)9-12-14(11-5-3-2-4-6-11)13(16(18)19)7-8-15-12/h2-8H,9H2,1H3. The Bertz CT molecular complexity index is 624. The normalized spacial score (nSPS) is 10.2. The van der Waals surface area contributed by atoms with E-state index in [-0.39, 0.29) is 17.9 Å². The van der Waals surface area contributed by atoms with Gasteiger partial charge in [-0.25, -0.2) is 0 Å². The molecule has 2 rings (SSSR count). The number of ketones is 1. The summed E-state index contributed by atoms with van der Waals surface area (Å²) in [4.78, 5) is 26.1. The fourth-order valence-electron chi connectivity index (χ4n) is 1.93. The quantitative estimate of drug-likeness (QED) is 0.622. The molecular weight excluding hydrogens is 244 g/mol. The maximum Gasteiger partial charge on any atom is 0.280 e. The van der Waals surface area contributed by atoms with Crippen LogP contribution in [-0.4, -0.2) is 15.7 Å². The van der Waals surface area contributed by atoms with Gasteiger partial charge in [0.05, 0.1) is 16.2 Å². The van der Waals surface area contributed by atoms with Crippen molar-refractivity contribution < 1.29 is 9.72 Å². The predicted octanol–water partition coefficient (Wildman–Crippen LogP) is 2.79. The lowest BCUT2D eigenvalue weighted by molar-refractivity contribution is -0.384. The average molecular weight is 256 g/mol. The highest BCUT2D eigenvalue weighted by atomic mass is 16.6. The lowest BCUT2D eigenvalue weighted by atomic mass is 9.99. The largest absolute Gasteiger partial charge is 0.300 e. The molecular formula is C14H12N2O3. The number of nitrogens with zero attached hydrogens (tertiary/aromatic N) is 2. The van der Waals surface area contributed by atoms with Crippen molar-refractivity contribution in [2.45, 2.75) is 13.3 Å². The summed E-state index contributed by atoms with van der Waals surface area (Å²) >= 11 is 0. The summed E-state index contributed by atoms with van der Waals surface area (Å²) in [5, 5.41) is 11.1. The number of carbonyl (C=O) groups excluding carboxylic acids is 1. The summed E-state index contributed by atoms with van der Waals surface area (Å²) in [6, 6.07) is 10.3.